The Morgan fingerprint density at radius 3 is 1.54 bits per heavy atom. The van der Waals surface area contributed by atoms with Crippen molar-refractivity contribution in [1.29, 1.82) is 5.26 Å². The van der Waals surface area contributed by atoms with Crippen molar-refractivity contribution in [2.45, 2.75) is 18.0 Å². The highest BCUT2D eigenvalue weighted by molar-refractivity contribution is 5.06. The molecule has 0 rings (SSSR count). The minimum absolute atomic E-state index is 0.0960. The van der Waals surface area contributed by atoms with Gasteiger partial charge in [0.25, 0.3) is 0 Å². The Bertz CT molecular complexity index is 230. The summed E-state index contributed by atoms with van der Waals surface area (Å²) < 4.78 is 74.7. The lowest BCUT2D eigenvalue weighted by molar-refractivity contribution is -0.379. The second-order valence-corrected chi connectivity index (χ2v) is 1.98. The summed E-state index contributed by atoms with van der Waals surface area (Å²) >= 11 is 0. The van der Waals surface area contributed by atoms with Crippen molar-refractivity contribution in [3.63, 3.8) is 0 Å². The van der Waals surface area contributed by atoms with Crippen LogP contribution in [0.1, 0.15) is 0 Å². The number of alkyl halides is 6. The molecule has 13 heavy (non-hydrogen) atoms. The molecule has 0 amide bonds. The Kier molecular flexibility index (Phi) is 2.84. The van der Waals surface area contributed by atoms with E-state index in [1.807, 2.05) is 0 Å². The van der Waals surface area contributed by atoms with Crippen molar-refractivity contribution in [1.82, 2.24) is 0 Å². The van der Waals surface area contributed by atoms with Crippen LogP contribution in [0.4, 0.5) is 26.3 Å². The van der Waals surface area contributed by atoms with E-state index in [1.165, 1.54) is 0 Å². The summed E-state index contributed by atoms with van der Waals surface area (Å²) in [4.78, 5) is 0. The molecule has 0 aliphatic heterocycles. The second-order valence-electron chi connectivity index (χ2n) is 1.98. The molecule has 0 heterocycles. The molecule has 0 spiro atoms. The first kappa shape index (κ1) is 12.0. The molecule has 8 heteroatoms. The van der Waals surface area contributed by atoms with Gasteiger partial charge in [-0.3, -0.25) is 0 Å². The summed E-state index contributed by atoms with van der Waals surface area (Å²) in [5.41, 5.74) is 0. The lowest BCUT2D eigenvalue weighted by Crippen LogP contribution is -2.56. The van der Waals surface area contributed by atoms with Gasteiger partial charge >= 0.3 is 18.0 Å². The van der Waals surface area contributed by atoms with Crippen LogP contribution in [0.5, 0.6) is 0 Å². The van der Waals surface area contributed by atoms with Gasteiger partial charge < -0.3 is 4.74 Å². The lowest BCUT2D eigenvalue weighted by Gasteiger charge is -2.28. The van der Waals surface area contributed by atoms with Crippen molar-refractivity contribution in [2.75, 3.05) is 7.11 Å². The number of methoxy groups -OCH3 is 1. The van der Waals surface area contributed by atoms with Gasteiger partial charge in [0.15, 0.2) is 0 Å². The zero-order valence-electron chi connectivity index (χ0n) is 6.12. The van der Waals surface area contributed by atoms with Crippen molar-refractivity contribution < 1.29 is 31.1 Å². The molecule has 0 bridgehead atoms. The molecular weight excluding hydrogens is 204 g/mol. The van der Waals surface area contributed by atoms with E-state index in [2.05, 4.69) is 4.74 Å². The molecular formula is C5H3F6NO. The first-order valence-corrected chi connectivity index (χ1v) is 2.72. The molecule has 0 aromatic carbocycles. The van der Waals surface area contributed by atoms with E-state index >= 15 is 0 Å². The fraction of sp³-hybridized carbons (Fsp3) is 0.800. The standard InChI is InChI=1S/C5H3F6NO/c1-13-4(8,5(9,10)11)3(6,7)2-12/h1H3. The Balaban J connectivity index is 5.22. The van der Waals surface area contributed by atoms with Crippen LogP contribution in [0.3, 0.4) is 0 Å². The molecule has 1 atom stereocenters. The molecule has 0 aliphatic rings. The monoisotopic (exact) mass is 207 g/mol. The molecule has 0 saturated carbocycles. The zero-order valence-corrected chi connectivity index (χ0v) is 6.12. The summed E-state index contributed by atoms with van der Waals surface area (Å²) in [6, 6.07) is -0.114. The van der Waals surface area contributed by atoms with Gasteiger partial charge in [0.2, 0.25) is 0 Å². The van der Waals surface area contributed by atoms with Crippen LogP contribution in [0.2, 0.25) is 0 Å². The number of rotatable bonds is 2. The molecule has 0 aromatic rings. The molecule has 0 aliphatic carbocycles. The molecule has 0 N–H and O–H groups in total. The predicted molar refractivity (Wildman–Crippen MR) is 27.5 cm³/mol. The van der Waals surface area contributed by atoms with Crippen molar-refractivity contribution >= 4 is 0 Å². The number of ether oxygens (including phenoxy) is 1. The zero-order chi connectivity index (χ0) is 10.9. The smallest absolute Gasteiger partial charge is 0.337 e. The van der Waals surface area contributed by atoms with E-state index in [0.717, 1.165) is 0 Å². The summed E-state index contributed by atoms with van der Waals surface area (Å²) in [5.74, 6) is -10.5. The van der Waals surface area contributed by atoms with Crippen LogP contribution in [-0.2, 0) is 4.74 Å². The quantitative estimate of drug-likeness (QED) is 0.649. The van der Waals surface area contributed by atoms with Gasteiger partial charge in [0, 0.05) is 7.11 Å². The third-order valence-corrected chi connectivity index (χ3v) is 1.19. The van der Waals surface area contributed by atoms with Crippen molar-refractivity contribution in [3.05, 3.63) is 0 Å². The third kappa shape index (κ3) is 1.70. The van der Waals surface area contributed by atoms with E-state index in [0.29, 0.717) is 0 Å². The Hall–Kier alpha value is -0.970. The van der Waals surface area contributed by atoms with E-state index < -0.39 is 18.0 Å². The summed E-state index contributed by atoms with van der Waals surface area (Å²) in [7, 11) is 0.0960. The maximum absolute atomic E-state index is 12.5. The highest BCUT2D eigenvalue weighted by Crippen LogP contribution is 2.45. The van der Waals surface area contributed by atoms with E-state index in [4.69, 9.17) is 5.26 Å². The van der Waals surface area contributed by atoms with E-state index in [9.17, 15) is 26.3 Å². The van der Waals surface area contributed by atoms with Crippen LogP contribution in [0, 0.1) is 11.3 Å². The summed E-state index contributed by atoms with van der Waals surface area (Å²) in [6.07, 6.45) is -5.97. The number of hydrogen-bond acceptors (Lipinski definition) is 2. The highest BCUT2D eigenvalue weighted by Gasteiger charge is 2.73. The molecule has 2 nitrogen and oxygen atoms in total. The predicted octanol–water partition coefficient (Wildman–Crippen LogP) is 2.02. The van der Waals surface area contributed by atoms with Gasteiger partial charge in [-0.1, -0.05) is 0 Å². The van der Waals surface area contributed by atoms with Gasteiger partial charge in [-0.25, -0.2) is 0 Å². The Labute approximate surface area is 68.7 Å². The summed E-state index contributed by atoms with van der Waals surface area (Å²) in [6.45, 7) is 0. The van der Waals surface area contributed by atoms with Gasteiger partial charge in [0.05, 0.1) is 0 Å². The normalized spacial score (nSPS) is 17.7. The lowest BCUT2D eigenvalue weighted by atomic mass is 10.1. The first-order chi connectivity index (χ1) is 5.62. The topological polar surface area (TPSA) is 33.0 Å². The van der Waals surface area contributed by atoms with Crippen LogP contribution in [0.15, 0.2) is 0 Å². The minimum Gasteiger partial charge on any atom is -0.337 e. The third-order valence-electron chi connectivity index (χ3n) is 1.19. The van der Waals surface area contributed by atoms with Crippen LogP contribution in [-0.4, -0.2) is 25.1 Å². The van der Waals surface area contributed by atoms with Crippen molar-refractivity contribution in [3.8, 4) is 6.07 Å². The molecule has 0 fully saturated rings. The number of nitrogens with zero attached hydrogens (tertiary/aromatic N) is 1. The van der Waals surface area contributed by atoms with Gasteiger partial charge in [-0.15, -0.1) is 0 Å². The van der Waals surface area contributed by atoms with Crippen LogP contribution >= 0.6 is 0 Å². The van der Waals surface area contributed by atoms with Crippen molar-refractivity contribution in [2.24, 2.45) is 0 Å². The van der Waals surface area contributed by atoms with Crippen LogP contribution in [0.25, 0.3) is 0 Å². The van der Waals surface area contributed by atoms with E-state index in [-0.39, 0.29) is 13.2 Å². The molecule has 0 saturated heterocycles. The average Bonchev–Trinajstić information content (AvgIpc) is 2.00. The van der Waals surface area contributed by atoms with Gasteiger partial charge in [-0.2, -0.15) is 31.6 Å². The summed E-state index contributed by atoms with van der Waals surface area (Å²) in [5, 5.41) is 7.60. The highest BCUT2D eigenvalue weighted by atomic mass is 19.4. The molecule has 0 radical (unpaired) electrons. The van der Waals surface area contributed by atoms with Gasteiger partial charge in [0.1, 0.15) is 6.07 Å². The Morgan fingerprint density at radius 2 is 1.46 bits per heavy atom. The first-order valence-electron chi connectivity index (χ1n) is 2.72. The molecule has 1 unspecified atom stereocenters. The largest absolute Gasteiger partial charge is 0.456 e. The SMILES string of the molecule is COC(F)(C(F)(F)F)C(F)(F)C#N. The second kappa shape index (κ2) is 3.06. The van der Waals surface area contributed by atoms with Gasteiger partial charge in [-0.05, 0) is 0 Å². The fourth-order valence-electron chi connectivity index (χ4n) is 0.494. The number of nitriles is 1. The Morgan fingerprint density at radius 1 is 1.08 bits per heavy atom. The number of hydrogen-bond donors (Lipinski definition) is 0. The number of halogens is 6. The van der Waals surface area contributed by atoms with E-state index in [1.54, 1.807) is 0 Å². The van der Waals surface area contributed by atoms with Crippen LogP contribution < -0.4 is 0 Å². The average molecular weight is 207 g/mol. The minimum atomic E-state index is -5.97. The maximum atomic E-state index is 12.5. The molecule has 76 valence electrons. The molecule has 0 aromatic heterocycles. The maximum Gasteiger partial charge on any atom is 0.456 e. The fourth-order valence-corrected chi connectivity index (χ4v) is 0.494.